The molecule has 6 rings (SSSR count). The van der Waals surface area contributed by atoms with E-state index in [0.717, 1.165) is 0 Å². The molecule has 0 bridgehead atoms. The third-order valence-electron chi connectivity index (χ3n) is 9.21. The van der Waals surface area contributed by atoms with Crippen LogP contribution in [0, 0.1) is 41.5 Å². The van der Waals surface area contributed by atoms with Crippen molar-refractivity contribution < 1.29 is 0 Å². The molecule has 0 nitrogen and oxygen atoms in total. The van der Waals surface area contributed by atoms with Gasteiger partial charge in [-0.1, -0.05) is 103 Å². The normalized spacial score (nSPS) is 11.1. The summed E-state index contributed by atoms with van der Waals surface area (Å²) in [7, 11) is 0. The second kappa shape index (κ2) is 11.3. The van der Waals surface area contributed by atoms with Gasteiger partial charge in [-0.3, -0.25) is 0 Å². The van der Waals surface area contributed by atoms with Crippen LogP contribution >= 0.6 is 0 Å². The van der Waals surface area contributed by atoms with Gasteiger partial charge in [0.1, 0.15) is 0 Å². The Bertz CT molecular complexity index is 1800. The average molecular weight is 543 g/mol. The fourth-order valence-corrected chi connectivity index (χ4v) is 6.17. The highest BCUT2D eigenvalue weighted by Crippen LogP contribution is 2.42. The molecule has 0 aromatic heterocycles. The van der Waals surface area contributed by atoms with Crippen LogP contribution in [0.25, 0.3) is 55.6 Å². The lowest BCUT2D eigenvalue weighted by Crippen LogP contribution is -1.95. The Morgan fingerprint density at radius 3 is 1.10 bits per heavy atom. The summed E-state index contributed by atoms with van der Waals surface area (Å²) in [5, 5.41) is 0. The highest BCUT2D eigenvalue weighted by molar-refractivity contribution is 5.92. The highest BCUT2D eigenvalue weighted by Gasteiger charge is 2.16. The zero-order valence-corrected chi connectivity index (χ0v) is 25.5. The van der Waals surface area contributed by atoms with E-state index in [1.54, 1.807) is 0 Å². The molecule has 42 heavy (non-hydrogen) atoms. The van der Waals surface area contributed by atoms with Crippen LogP contribution in [0.5, 0.6) is 0 Å². The van der Waals surface area contributed by atoms with Crippen molar-refractivity contribution >= 4 is 0 Å². The Morgan fingerprint density at radius 1 is 0.262 bits per heavy atom. The fourth-order valence-electron chi connectivity index (χ4n) is 6.17. The molecule has 0 saturated carbocycles. The molecule has 0 fully saturated rings. The van der Waals surface area contributed by atoms with Crippen molar-refractivity contribution in [2.75, 3.05) is 0 Å². The third kappa shape index (κ3) is 4.99. The van der Waals surface area contributed by atoms with E-state index in [-0.39, 0.29) is 0 Å². The second-order valence-corrected chi connectivity index (χ2v) is 11.6. The molecule has 6 aromatic rings. The first kappa shape index (κ1) is 27.5. The molecular weight excluding hydrogens is 504 g/mol. The summed E-state index contributed by atoms with van der Waals surface area (Å²) in [4.78, 5) is 0. The van der Waals surface area contributed by atoms with E-state index in [1.807, 2.05) is 0 Å². The van der Waals surface area contributed by atoms with E-state index < -0.39 is 0 Å². The fraction of sp³-hybridized carbons (Fsp3) is 0.143. The molecule has 0 heterocycles. The molecule has 6 aromatic carbocycles. The van der Waals surface area contributed by atoms with E-state index in [1.165, 1.54) is 89.0 Å². The minimum absolute atomic E-state index is 1.22. The zero-order valence-electron chi connectivity index (χ0n) is 25.5. The molecule has 0 aliphatic carbocycles. The number of hydrogen-bond acceptors (Lipinski definition) is 0. The molecule has 0 unspecified atom stereocenters. The highest BCUT2D eigenvalue weighted by atomic mass is 14.2. The number of hydrogen-bond donors (Lipinski definition) is 0. The van der Waals surface area contributed by atoms with Crippen molar-refractivity contribution in [1.29, 1.82) is 0 Å². The molecule has 0 radical (unpaired) electrons. The Kier molecular flexibility index (Phi) is 7.40. The molecule has 0 aliphatic heterocycles. The number of aryl methyl sites for hydroxylation is 2. The molecular formula is C42H38. The van der Waals surface area contributed by atoms with Crippen molar-refractivity contribution in [3.63, 3.8) is 0 Å². The van der Waals surface area contributed by atoms with Crippen LogP contribution in [0.15, 0.2) is 121 Å². The molecule has 0 heteroatoms. The summed E-state index contributed by atoms with van der Waals surface area (Å²) in [6.45, 7) is 13.4. The summed E-state index contributed by atoms with van der Waals surface area (Å²) in [6, 6.07) is 44.7. The number of rotatable bonds is 5. The molecule has 0 amide bonds. The first-order chi connectivity index (χ1) is 20.3. The summed E-state index contributed by atoms with van der Waals surface area (Å²) in [5.74, 6) is 0. The molecule has 0 spiro atoms. The maximum Gasteiger partial charge on any atom is -0.0103 e. The van der Waals surface area contributed by atoms with Gasteiger partial charge in [0, 0.05) is 0 Å². The van der Waals surface area contributed by atoms with Crippen molar-refractivity contribution in [2.24, 2.45) is 0 Å². The Hall–Kier alpha value is -4.68. The molecule has 0 saturated heterocycles. The van der Waals surface area contributed by atoms with Gasteiger partial charge in [0.2, 0.25) is 0 Å². The van der Waals surface area contributed by atoms with Gasteiger partial charge in [-0.25, -0.2) is 0 Å². The summed E-state index contributed by atoms with van der Waals surface area (Å²) in [5.41, 5.74) is 20.6. The molecule has 206 valence electrons. The van der Waals surface area contributed by atoms with Gasteiger partial charge in [0.15, 0.2) is 0 Å². The predicted octanol–water partition coefficient (Wildman–Crippen LogP) is 11.9. The standard InChI is InChI=1S/C42H38/c1-27-20-22-37(31(5)29(27)3)41-18-12-10-16-39(41)35-24-34(33-14-8-7-9-15-33)25-36(26-35)40-17-11-13-19-42(40)38-23-21-28(2)30(4)32(38)6/h7-26H,1-6H3. The SMILES string of the molecule is Cc1ccc(-c2ccccc2-c2cc(-c3ccccc3)cc(-c3ccccc3-c3ccc(C)c(C)c3C)c2)c(C)c1C. The minimum Gasteiger partial charge on any atom is -0.0622 e. The van der Waals surface area contributed by atoms with Crippen molar-refractivity contribution in [1.82, 2.24) is 0 Å². The van der Waals surface area contributed by atoms with E-state index in [9.17, 15) is 0 Å². The van der Waals surface area contributed by atoms with E-state index >= 15 is 0 Å². The van der Waals surface area contributed by atoms with E-state index in [0.29, 0.717) is 0 Å². The van der Waals surface area contributed by atoms with Crippen LogP contribution in [0.4, 0.5) is 0 Å². The van der Waals surface area contributed by atoms with E-state index in [2.05, 4.69) is 163 Å². The molecule has 0 aliphatic rings. The Morgan fingerprint density at radius 2 is 0.643 bits per heavy atom. The van der Waals surface area contributed by atoms with Crippen LogP contribution in [0.3, 0.4) is 0 Å². The summed E-state index contributed by atoms with van der Waals surface area (Å²) in [6.07, 6.45) is 0. The lowest BCUT2D eigenvalue weighted by Gasteiger charge is -2.19. The van der Waals surface area contributed by atoms with Gasteiger partial charge in [0.05, 0.1) is 0 Å². The van der Waals surface area contributed by atoms with Gasteiger partial charge in [0.25, 0.3) is 0 Å². The largest absolute Gasteiger partial charge is 0.0622 e. The van der Waals surface area contributed by atoms with Crippen molar-refractivity contribution in [3.05, 3.63) is 155 Å². The van der Waals surface area contributed by atoms with Crippen molar-refractivity contribution in [2.45, 2.75) is 41.5 Å². The maximum absolute atomic E-state index is 2.39. The molecule has 0 N–H and O–H groups in total. The monoisotopic (exact) mass is 542 g/mol. The lowest BCUT2D eigenvalue weighted by molar-refractivity contribution is 1.27. The minimum atomic E-state index is 1.22. The first-order valence-electron chi connectivity index (χ1n) is 14.9. The van der Waals surface area contributed by atoms with Crippen LogP contribution < -0.4 is 0 Å². The molecule has 0 atom stereocenters. The Balaban J connectivity index is 1.61. The summed E-state index contributed by atoms with van der Waals surface area (Å²) >= 11 is 0. The lowest BCUT2D eigenvalue weighted by atomic mass is 9.85. The zero-order chi connectivity index (χ0) is 29.4. The third-order valence-corrected chi connectivity index (χ3v) is 9.21. The smallest absolute Gasteiger partial charge is 0.0103 e. The average Bonchev–Trinajstić information content (AvgIpc) is 3.03. The van der Waals surface area contributed by atoms with Crippen LogP contribution in [-0.4, -0.2) is 0 Å². The van der Waals surface area contributed by atoms with Gasteiger partial charge >= 0.3 is 0 Å². The second-order valence-electron chi connectivity index (χ2n) is 11.6. The quantitative estimate of drug-likeness (QED) is 0.203. The van der Waals surface area contributed by atoms with E-state index in [4.69, 9.17) is 0 Å². The van der Waals surface area contributed by atoms with Gasteiger partial charge < -0.3 is 0 Å². The topological polar surface area (TPSA) is 0 Å². The summed E-state index contributed by atoms with van der Waals surface area (Å²) < 4.78 is 0. The van der Waals surface area contributed by atoms with Gasteiger partial charge in [-0.05, 0) is 149 Å². The van der Waals surface area contributed by atoms with Crippen molar-refractivity contribution in [3.8, 4) is 55.6 Å². The van der Waals surface area contributed by atoms with Crippen LogP contribution in [0.1, 0.15) is 33.4 Å². The maximum atomic E-state index is 2.39. The predicted molar refractivity (Wildman–Crippen MR) is 182 cm³/mol. The van der Waals surface area contributed by atoms with Crippen LogP contribution in [0.2, 0.25) is 0 Å². The van der Waals surface area contributed by atoms with Gasteiger partial charge in [-0.15, -0.1) is 0 Å². The van der Waals surface area contributed by atoms with Gasteiger partial charge in [-0.2, -0.15) is 0 Å². The number of benzene rings is 6. The van der Waals surface area contributed by atoms with Crippen LogP contribution in [-0.2, 0) is 0 Å². The first-order valence-corrected chi connectivity index (χ1v) is 14.9. The Labute approximate surface area is 251 Å².